The number of thiophene rings is 1. The summed E-state index contributed by atoms with van der Waals surface area (Å²) in [5.41, 5.74) is 1.40. The Labute approximate surface area is 175 Å². The van der Waals surface area contributed by atoms with Gasteiger partial charge in [0, 0.05) is 15.3 Å². The third-order valence-corrected chi connectivity index (χ3v) is 5.87. The van der Waals surface area contributed by atoms with E-state index in [1.807, 2.05) is 24.3 Å². The van der Waals surface area contributed by atoms with Crippen LogP contribution in [0.4, 0.5) is 0 Å². The Hall–Kier alpha value is -2.87. The summed E-state index contributed by atoms with van der Waals surface area (Å²) < 4.78 is 10.5. The highest BCUT2D eigenvalue weighted by Gasteiger charge is 2.23. The smallest absolute Gasteiger partial charge is 0.257 e. The molecule has 1 aromatic carbocycles. The monoisotopic (exact) mass is 428 g/mol. The summed E-state index contributed by atoms with van der Waals surface area (Å²) in [5, 5.41) is 17.7. The molecule has 0 aliphatic rings. The number of rotatable bonds is 6. The van der Waals surface area contributed by atoms with Crippen LogP contribution in [0.5, 0.6) is 0 Å². The fraction of sp³-hybridized carbons (Fsp3) is 0.143. The largest absolute Gasteiger partial charge is 0.466 e. The Balaban J connectivity index is 1.49. The Morgan fingerprint density at radius 2 is 2.07 bits per heavy atom. The third kappa shape index (κ3) is 3.98. The van der Waals surface area contributed by atoms with Crippen molar-refractivity contribution >= 4 is 28.8 Å². The number of aliphatic hydroxyl groups is 1. The maximum atomic E-state index is 12.8. The Morgan fingerprint density at radius 3 is 2.83 bits per heavy atom. The second-order valence-corrected chi connectivity index (χ2v) is 7.95. The number of nitrogens with zero attached hydrogens (tertiary/aromatic N) is 1. The van der Waals surface area contributed by atoms with Gasteiger partial charge in [-0.1, -0.05) is 35.0 Å². The molecule has 0 unspecified atom stereocenters. The topological polar surface area (TPSA) is 88.5 Å². The maximum absolute atomic E-state index is 12.8. The van der Waals surface area contributed by atoms with Crippen molar-refractivity contribution in [2.75, 3.05) is 0 Å². The third-order valence-electron chi connectivity index (χ3n) is 4.41. The van der Waals surface area contributed by atoms with Crippen LogP contribution in [-0.4, -0.2) is 16.2 Å². The molecule has 29 heavy (non-hydrogen) atoms. The summed E-state index contributed by atoms with van der Waals surface area (Å²) in [6.45, 7) is 1.99. The van der Waals surface area contributed by atoms with Gasteiger partial charge in [0.1, 0.15) is 28.9 Å². The number of carbonyl (C=O) groups excluding carboxylic acids is 1. The number of aryl methyl sites for hydroxylation is 1. The zero-order valence-electron chi connectivity index (χ0n) is 15.4. The lowest BCUT2D eigenvalue weighted by Crippen LogP contribution is -2.23. The predicted octanol–water partition coefficient (Wildman–Crippen LogP) is 4.97. The number of furan rings is 1. The zero-order valence-corrected chi connectivity index (χ0v) is 17.0. The van der Waals surface area contributed by atoms with Gasteiger partial charge in [0.15, 0.2) is 0 Å². The van der Waals surface area contributed by atoms with E-state index < -0.39 is 6.10 Å². The second-order valence-electron chi connectivity index (χ2n) is 6.35. The van der Waals surface area contributed by atoms with E-state index in [0.29, 0.717) is 39.9 Å². The van der Waals surface area contributed by atoms with Gasteiger partial charge in [-0.3, -0.25) is 4.79 Å². The lowest BCUT2D eigenvalue weighted by atomic mass is 10.1. The number of aliphatic hydroxyl groups excluding tert-OH is 1. The quantitative estimate of drug-likeness (QED) is 0.452. The number of nitrogens with one attached hydrogen (secondary N) is 1. The molecular weight excluding hydrogens is 412 g/mol. The molecule has 3 aromatic heterocycles. The fourth-order valence-corrected chi connectivity index (χ4v) is 4.13. The summed E-state index contributed by atoms with van der Waals surface area (Å²) in [4.78, 5) is 14.5. The molecule has 0 saturated carbocycles. The minimum absolute atomic E-state index is 0.305. The number of hydrogen-bond acceptors (Lipinski definition) is 6. The van der Waals surface area contributed by atoms with Gasteiger partial charge in [0.2, 0.25) is 0 Å². The van der Waals surface area contributed by atoms with Crippen molar-refractivity contribution in [3.05, 3.63) is 86.7 Å². The van der Waals surface area contributed by atoms with E-state index in [1.54, 1.807) is 31.2 Å². The van der Waals surface area contributed by atoms with E-state index in [4.69, 9.17) is 20.5 Å². The molecule has 4 rings (SSSR count). The van der Waals surface area contributed by atoms with Crippen LogP contribution in [0, 0.1) is 6.92 Å². The second kappa shape index (κ2) is 8.24. The molecular formula is C21H17ClN2O4S. The summed E-state index contributed by atoms with van der Waals surface area (Å²) in [5.74, 6) is 0.588. The van der Waals surface area contributed by atoms with Gasteiger partial charge in [0.25, 0.3) is 5.91 Å². The van der Waals surface area contributed by atoms with Gasteiger partial charge in [0.05, 0.1) is 17.8 Å². The number of amides is 1. The van der Waals surface area contributed by atoms with Crippen molar-refractivity contribution in [1.29, 1.82) is 0 Å². The van der Waals surface area contributed by atoms with Crippen molar-refractivity contribution in [1.82, 2.24) is 10.5 Å². The first-order valence-electron chi connectivity index (χ1n) is 8.84. The van der Waals surface area contributed by atoms with E-state index in [-0.39, 0.29) is 5.91 Å². The number of carbonyl (C=O) groups is 1. The highest BCUT2D eigenvalue weighted by Crippen LogP contribution is 2.31. The first-order chi connectivity index (χ1) is 14.0. The van der Waals surface area contributed by atoms with Gasteiger partial charge in [-0.2, -0.15) is 0 Å². The molecule has 2 N–H and O–H groups in total. The van der Waals surface area contributed by atoms with E-state index in [0.717, 1.165) is 9.75 Å². The molecule has 0 aliphatic carbocycles. The first kappa shape index (κ1) is 19.4. The van der Waals surface area contributed by atoms with Gasteiger partial charge in [-0.25, -0.2) is 0 Å². The number of benzene rings is 1. The molecule has 1 amide bonds. The van der Waals surface area contributed by atoms with Crippen LogP contribution in [0.1, 0.15) is 37.7 Å². The van der Waals surface area contributed by atoms with Crippen molar-refractivity contribution in [3.63, 3.8) is 0 Å². The standard InChI is InChI=1S/C21H17ClN2O4S/c1-12-18(19(24-28-12)14-5-2-3-6-15(14)22)21(26)23-11-13-8-9-17(29-13)20(25)16-7-4-10-27-16/h2-10,20,25H,11H2,1H3,(H,23,26)/t20-/m0/s1. The predicted molar refractivity (Wildman–Crippen MR) is 110 cm³/mol. The average Bonchev–Trinajstić information content (AvgIpc) is 3.47. The molecule has 4 aromatic rings. The van der Waals surface area contributed by atoms with Crippen LogP contribution < -0.4 is 5.32 Å². The number of aromatic nitrogens is 1. The molecule has 148 valence electrons. The van der Waals surface area contributed by atoms with Crippen LogP contribution in [0.2, 0.25) is 5.02 Å². The molecule has 3 heterocycles. The highest BCUT2D eigenvalue weighted by molar-refractivity contribution is 7.12. The molecule has 8 heteroatoms. The highest BCUT2D eigenvalue weighted by atomic mass is 35.5. The maximum Gasteiger partial charge on any atom is 0.257 e. The van der Waals surface area contributed by atoms with Crippen molar-refractivity contribution < 1.29 is 18.8 Å². The van der Waals surface area contributed by atoms with Gasteiger partial charge in [-0.05, 0) is 37.3 Å². The lowest BCUT2D eigenvalue weighted by Gasteiger charge is -2.06. The van der Waals surface area contributed by atoms with Crippen LogP contribution in [0.3, 0.4) is 0 Å². The van der Waals surface area contributed by atoms with Crippen LogP contribution >= 0.6 is 22.9 Å². The molecule has 0 saturated heterocycles. The number of hydrogen-bond donors (Lipinski definition) is 2. The van der Waals surface area contributed by atoms with Crippen LogP contribution in [0.25, 0.3) is 11.3 Å². The van der Waals surface area contributed by atoms with Gasteiger partial charge in [-0.15, -0.1) is 11.3 Å². The minimum atomic E-state index is -0.827. The molecule has 6 nitrogen and oxygen atoms in total. The van der Waals surface area contributed by atoms with Crippen molar-refractivity contribution in [3.8, 4) is 11.3 Å². The average molecular weight is 429 g/mol. The summed E-state index contributed by atoms with van der Waals surface area (Å²) in [6.07, 6.45) is 0.692. The zero-order chi connectivity index (χ0) is 20.4. The van der Waals surface area contributed by atoms with Gasteiger partial charge < -0.3 is 19.4 Å². The Morgan fingerprint density at radius 1 is 1.24 bits per heavy atom. The minimum Gasteiger partial charge on any atom is -0.466 e. The molecule has 1 atom stereocenters. The van der Waals surface area contributed by atoms with E-state index in [1.165, 1.54) is 17.6 Å². The first-order valence-corrected chi connectivity index (χ1v) is 10.0. The van der Waals surface area contributed by atoms with E-state index >= 15 is 0 Å². The van der Waals surface area contributed by atoms with E-state index in [2.05, 4.69) is 10.5 Å². The van der Waals surface area contributed by atoms with Gasteiger partial charge >= 0.3 is 0 Å². The molecule has 0 aliphatic heterocycles. The summed E-state index contributed by atoms with van der Waals surface area (Å²) in [6, 6.07) is 14.3. The lowest BCUT2D eigenvalue weighted by molar-refractivity contribution is 0.0950. The van der Waals surface area contributed by atoms with Crippen LogP contribution in [-0.2, 0) is 6.54 Å². The van der Waals surface area contributed by atoms with E-state index in [9.17, 15) is 9.90 Å². The Kier molecular flexibility index (Phi) is 5.53. The summed E-state index contributed by atoms with van der Waals surface area (Å²) >= 11 is 7.65. The normalized spacial score (nSPS) is 12.1. The molecule has 0 radical (unpaired) electrons. The van der Waals surface area contributed by atoms with Crippen molar-refractivity contribution in [2.24, 2.45) is 0 Å². The SMILES string of the molecule is Cc1onc(-c2ccccc2Cl)c1C(=O)NCc1ccc([C@@H](O)c2ccco2)s1. The fourth-order valence-electron chi connectivity index (χ4n) is 2.96. The Bertz CT molecular complexity index is 1130. The summed E-state index contributed by atoms with van der Waals surface area (Å²) in [7, 11) is 0. The van der Waals surface area contributed by atoms with Crippen LogP contribution in [0.15, 0.2) is 63.7 Å². The molecule has 0 spiro atoms. The molecule has 0 bridgehead atoms. The van der Waals surface area contributed by atoms with Crippen molar-refractivity contribution in [2.45, 2.75) is 19.6 Å². The molecule has 0 fully saturated rings. The number of halogens is 1.